The summed E-state index contributed by atoms with van der Waals surface area (Å²) in [6.07, 6.45) is 11.7. The van der Waals surface area contributed by atoms with Gasteiger partial charge in [-0.15, -0.1) is 0 Å². The minimum atomic E-state index is -0.0551. The Kier molecular flexibility index (Phi) is 2.87. The number of ketones is 1. The maximum absolute atomic E-state index is 12.3. The van der Waals surface area contributed by atoms with Gasteiger partial charge in [0.25, 0.3) is 0 Å². The van der Waals surface area contributed by atoms with Gasteiger partial charge in [-0.25, -0.2) is 0 Å². The van der Waals surface area contributed by atoms with Crippen LogP contribution in [-0.2, 0) is 4.79 Å². The van der Waals surface area contributed by atoms with E-state index in [1.165, 1.54) is 38.5 Å². The smallest absolute Gasteiger partial charge is 0.133 e. The Labute approximate surface area is 140 Å². The van der Waals surface area contributed by atoms with Gasteiger partial charge in [-0.05, 0) is 91.3 Å². The number of fused-ring (bicyclic) bond motifs is 3. The van der Waals surface area contributed by atoms with Crippen LogP contribution in [0.3, 0.4) is 0 Å². The lowest BCUT2D eigenvalue weighted by Gasteiger charge is -2.44. The number of aliphatic hydroxyl groups excluding tert-OH is 1. The van der Waals surface area contributed by atoms with Crippen LogP contribution in [0.1, 0.15) is 78.1 Å². The molecular formula is C21H32O2. The SMILES string of the molecule is C[C@@]12CC[C@H](O)C[C@@H]1CCC13C(CC[C@@]4(C)CC(=O)C[C@H]14)[C@H]3C2. The van der Waals surface area contributed by atoms with Crippen LogP contribution >= 0.6 is 0 Å². The van der Waals surface area contributed by atoms with Crippen LogP contribution in [0.4, 0.5) is 0 Å². The van der Waals surface area contributed by atoms with E-state index in [1.807, 2.05) is 0 Å². The van der Waals surface area contributed by atoms with Gasteiger partial charge in [0.05, 0.1) is 6.10 Å². The Bertz CT molecular complexity index is 556. The van der Waals surface area contributed by atoms with E-state index < -0.39 is 0 Å². The molecule has 8 atom stereocenters. The minimum absolute atomic E-state index is 0.0551. The van der Waals surface area contributed by atoms with E-state index >= 15 is 0 Å². The summed E-state index contributed by atoms with van der Waals surface area (Å²) < 4.78 is 0. The molecule has 23 heavy (non-hydrogen) atoms. The first kappa shape index (κ1) is 14.9. The zero-order valence-corrected chi connectivity index (χ0v) is 14.8. The van der Waals surface area contributed by atoms with E-state index in [0.717, 1.165) is 43.4 Å². The maximum atomic E-state index is 12.3. The number of aliphatic hydroxyl groups is 1. The van der Waals surface area contributed by atoms with Crippen molar-refractivity contribution in [3.8, 4) is 0 Å². The Balaban J connectivity index is 1.48. The molecule has 0 radical (unpaired) electrons. The molecule has 128 valence electrons. The number of Topliss-reactive ketones (excluding diaryl/α,β-unsaturated/α-hetero) is 1. The summed E-state index contributed by atoms with van der Waals surface area (Å²) in [5.74, 6) is 3.77. The second kappa shape index (κ2) is 4.42. The van der Waals surface area contributed by atoms with Crippen LogP contribution in [0.5, 0.6) is 0 Å². The molecule has 0 saturated heterocycles. The summed E-state index contributed by atoms with van der Waals surface area (Å²) >= 11 is 0. The first-order valence-corrected chi connectivity index (χ1v) is 10.1. The number of carbonyl (C=O) groups excluding carboxylic acids is 1. The third kappa shape index (κ3) is 1.82. The molecule has 5 aliphatic carbocycles. The van der Waals surface area contributed by atoms with E-state index in [0.29, 0.717) is 27.9 Å². The standard InChI is InChI=1S/C21H32O2/c1-19-6-4-14(22)9-13(19)3-8-21-16(17(21)12-19)5-7-20(2)11-15(23)10-18(20)21/h13-14,16-18,22H,3-12H2,1-2H3/t13-,14-,16?,17+,18-,19-,20-,21?/m0/s1. The summed E-state index contributed by atoms with van der Waals surface area (Å²) in [5, 5.41) is 10.1. The molecular weight excluding hydrogens is 284 g/mol. The van der Waals surface area contributed by atoms with Crippen molar-refractivity contribution in [1.82, 2.24) is 0 Å². The van der Waals surface area contributed by atoms with Crippen LogP contribution in [-0.4, -0.2) is 17.0 Å². The highest BCUT2D eigenvalue weighted by Gasteiger charge is 2.75. The van der Waals surface area contributed by atoms with Crippen molar-refractivity contribution in [3.05, 3.63) is 0 Å². The maximum Gasteiger partial charge on any atom is 0.133 e. The van der Waals surface area contributed by atoms with Crippen molar-refractivity contribution < 1.29 is 9.90 Å². The van der Waals surface area contributed by atoms with Gasteiger partial charge in [0.1, 0.15) is 5.78 Å². The van der Waals surface area contributed by atoms with E-state index in [1.54, 1.807) is 0 Å². The molecule has 2 heteroatoms. The third-order valence-electron chi connectivity index (χ3n) is 9.51. The van der Waals surface area contributed by atoms with E-state index in [4.69, 9.17) is 0 Å². The highest BCUT2D eigenvalue weighted by Crippen LogP contribution is 2.80. The monoisotopic (exact) mass is 316 g/mol. The zero-order chi connectivity index (χ0) is 16.0. The number of hydrogen-bond donors (Lipinski definition) is 1. The second-order valence-electron chi connectivity index (χ2n) is 10.5. The van der Waals surface area contributed by atoms with Crippen molar-refractivity contribution in [3.63, 3.8) is 0 Å². The van der Waals surface area contributed by atoms with Gasteiger partial charge in [0.2, 0.25) is 0 Å². The molecule has 5 rings (SSSR count). The van der Waals surface area contributed by atoms with Crippen LogP contribution in [0.2, 0.25) is 0 Å². The fraction of sp³-hybridized carbons (Fsp3) is 0.952. The van der Waals surface area contributed by atoms with Gasteiger partial charge in [0, 0.05) is 12.8 Å². The Hall–Kier alpha value is -0.370. The molecule has 5 aliphatic rings. The summed E-state index contributed by atoms with van der Waals surface area (Å²) in [4.78, 5) is 12.3. The molecule has 0 bridgehead atoms. The zero-order valence-electron chi connectivity index (χ0n) is 14.8. The van der Waals surface area contributed by atoms with E-state index in [-0.39, 0.29) is 6.10 Å². The van der Waals surface area contributed by atoms with Crippen LogP contribution < -0.4 is 0 Å². The lowest BCUT2D eigenvalue weighted by Crippen LogP contribution is -2.37. The molecule has 0 aromatic carbocycles. The molecule has 2 unspecified atom stereocenters. The summed E-state index contributed by atoms with van der Waals surface area (Å²) in [5.41, 5.74) is 1.30. The topological polar surface area (TPSA) is 37.3 Å². The van der Waals surface area contributed by atoms with E-state index in [9.17, 15) is 9.90 Å². The average Bonchev–Trinajstić information content (AvgIpc) is 3.00. The molecule has 5 fully saturated rings. The van der Waals surface area contributed by atoms with Gasteiger partial charge in [-0.3, -0.25) is 4.79 Å². The predicted molar refractivity (Wildman–Crippen MR) is 89.8 cm³/mol. The van der Waals surface area contributed by atoms with Crippen LogP contribution in [0.15, 0.2) is 0 Å². The molecule has 0 amide bonds. The van der Waals surface area contributed by atoms with Crippen molar-refractivity contribution >= 4 is 5.78 Å². The number of rotatable bonds is 0. The second-order valence-corrected chi connectivity index (χ2v) is 10.5. The summed E-state index contributed by atoms with van der Waals surface area (Å²) in [7, 11) is 0. The molecule has 2 nitrogen and oxygen atoms in total. The van der Waals surface area contributed by atoms with Gasteiger partial charge < -0.3 is 5.11 Å². The molecule has 1 N–H and O–H groups in total. The van der Waals surface area contributed by atoms with Gasteiger partial charge in [-0.1, -0.05) is 13.8 Å². The fourth-order valence-corrected chi connectivity index (χ4v) is 8.29. The number of carbonyl (C=O) groups is 1. The van der Waals surface area contributed by atoms with Gasteiger partial charge in [0.15, 0.2) is 0 Å². The largest absolute Gasteiger partial charge is 0.393 e. The van der Waals surface area contributed by atoms with Crippen molar-refractivity contribution in [1.29, 1.82) is 0 Å². The molecule has 1 spiro atoms. The highest BCUT2D eigenvalue weighted by atomic mass is 16.3. The first-order chi connectivity index (χ1) is 10.9. The lowest BCUT2D eigenvalue weighted by molar-refractivity contribution is -0.118. The highest BCUT2D eigenvalue weighted by molar-refractivity contribution is 5.82. The summed E-state index contributed by atoms with van der Waals surface area (Å²) in [6.45, 7) is 4.94. The fourth-order valence-electron chi connectivity index (χ4n) is 8.29. The third-order valence-corrected chi connectivity index (χ3v) is 9.51. The van der Waals surface area contributed by atoms with Crippen molar-refractivity contribution in [2.45, 2.75) is 84.2 Å². The quantitative estimate of drug-likeness (QED) is 0.721. The van der Waals surface area contributed by atoms with Crippen molar-refractivity contribution in [2.75, 3.05) is 0 Å². The van der Waals surface area contributed by atoms with E-state index in [2.05, 4.69) is 13.8 Å². The van der Waals surface area contributed by atoms with Crippen molar-refractivity contribution in [2.24, 2.45) is 39.9 Å². The minimum Gasteiger partial charge on any atom is -0.393 e. The lowest BCUT2D eigenvalue weighted by atomic mass is 9.61. The number of hydrogen-bond acceptors (Lipinski definition) is 2. The van der Waals surface area contributed by atoms with Gasteiger partial charge in [-0.2, -0.15) is 0 Å². The molecule has 0 heterocycles. The van der Waals surface area contributed by atoms with Crippen LogP contribution in [0.25, 0.3) is 0 Å². The predicted octanol–water partition coefficient (Wildman–Crippen LogP) is 4.35. The molecule has 0 aromatic rings. The molecule has 0 aliphatic heterocycles. The van der Waals surface area contributed by atoms with Gasteiger partial charge >= 0.3 is 0 Å². The average molecular weight is 316 g/mol. The summed E-state index contributed by atoms with van der Waals surface area (Å²) in [6, 6.07) is 0. The normalized spacial score (nSPS) is 61.0. The molecule has 5 saturated carbocycles. The Morgan fingerprint density at radius 2 is 1.78 bits per heavy atom. The Morgan fingerprint density at radius 1 is 1.00 bits per heavy atom. The van der Waals surface area contributed by atoms with Crippen LogP contribution in [0, 0.1) is 39.9 Å². The Morgan fingerprint density at radius 3 is 2.61 bits per heavy atom. The molecule has 0 aromatic heterocycles. The first-order valence-electron chi connectivity index (χ1n) is 10.1.